The number of halogens is 1. The van der Waals surface area contributed by atoms with Gasteiger partial charge in [-0.3, -0.25) is 4.40 Å². The Labute approximate surface area is 119 Å². The van der Waals surface area contributed by atoms with Crippen LogP contribution in [0.1, 0.15) is 6.92 Å². The zero-order chi connectivity index (χ0) is 13.6. The molecule has 3 heterocycles. The van der Waals surface area contributed by atoms with Crippen molar-refractivity contribution < 1.29 is 13.2 Å². The Morgan fingerprint density at radius 2 is 2.37 bits per heavy atom. The number of hydrogen-bond donors (Lipinski definition) is 0. The van der Waals surface area contributed by atoms with Crippen LogP contribution in [-0.2, 0) is 14.8 Å². The second kappa shape index (κ2) is 4.71. The maximum absolute atomic E-state index is 12.7. The van der Waals surface area contributed by atoms with Gasteiger partial charge in [-0.15, -0.1) is 11.3 Å². The van der Waals surface area contributed by atoms with Crippen molar-refractivity contribution in [3.63, 3.8) is 0 Å². The molecule has 2 aromatic heterocycles. The van der Waals surface area contributed by atoms with Gasteiger partial charge >= 0.3 is 0 Å². The molecule has 6 nitrogen and oxygen atoms in total. The molecule has 2 aromatic rings. The zero-order valence-electron chi connectivity index (χ0n) is 10.1. The Hall–Kier alpha value is -0.670. The number of hydrogen-bond acceptors (Lipinski definition) is 5. The van der Waals surface area contributed by atoms with Gasteiger partial charge in [0.1, 0.15) is 0 Å². The maximum Gasteiger partial charge on any atom is 0.262 e. The first-order valence-corrected chi connectivity index (χ1v) is 8.42. The number of ether oxygens (including phenoxy) is 1. The SMILES string of the molecule is C[C@@H]1COCCN1S(=O)(=O)c1c(Cl)nc2sccn12. The van der Waals surface area contributed by atoms with E-state index in [-0.39, 0.29) is 16.2 Å². The normalized spacial score (nSPS) is 22.1. The first kappa shape index (κ1) is 13.3. The highest BCUT2D eigenvalue weighted by Crippen LogP contribution is 2.29. The fraction of sp³-hybridized carbons (Fsp3) is 0.500. The van der Waals surface area contributed by atoms with Gasteiger partial charge in [0.15, 0.2) is 15.1 Å². The van der Waals surface area contributed by atoms with E-state index in [0.717, 1.165) is 0 Å². The predicted octanol–water partition coefficient (Wildman–Crippen LogP) is 1.46. The van der Waals surface area contributed by atoms with Gasteiger partial charge in [-0.25, -0.2) is 13.4 Å². The number of rotatable bonds is 2. The first-order chi connectivity index (χ1) is 9.01. The van der Waals surface area contributed by atoms with E-state index in [1.54, 1.807) is 11.6 Å². The number of thiazole rings is 1. The highest BCUT2D eigenvalue weighted by Gasteiger charge is 2.36. The van der Waals surface area contributed by atoms with E-state index >= 15 is 0 Å². The van der Waals surface area contributed by atoms with Crippen molar-refractivity contribution in [1.82, 2.24) is 13.7 Å². The minimum Gasteiger partial charge on any atom is -0.378 e. The van der Waals surface area contributed by atoms with Crippen LogP contribution in [-0.4, -0.2) is 47.9 Å². The summed E-state index contributed by atoms with van der Waals surface area (Å²) < 4.78 is 33.6. The molecule has 0 aliphatic carbocycles. The lowest BCUT2D eigenvalue weighted by atomic mass is 10.3. The standard InChI is InChI=1S/C10H12ClN3O3S2/c1-7-6-17-4-2-14(7)19(15,16)9-8(11)12-10-13(9)3-5-18-10/h3,5,7H,2,4,6H2,1H3/t7-/m1/s1. The molecule has 1 fully saturated rings. The van der Waals surface area contributed by atoms with Crippen LogP contribution in [0.5, 0.6) is 0 Å². The lowest BCUT2D eigenvalue weighted by Gasteiger charge is -2.31. The van der Waals surface area contributed by atoms with Gasteiger partial charge in [0.05, 0.1) is 13.2 Å². The molecule has 9 heteroatoms. The highest BCUT2D eigenvalue weighted by atomic mass is 35.5. The van der Waals surface area contributed by atoms with E-state index < -0.39 is 10.0 Å². The maximum atomic E-state index is 12.7. The average molecular weight is 322 g/mol. The van der Waals surface area contributed by atoms with E-state index in [4.69, 9.17) is 16.3 Å². The lowest BCUT2D eigenvalue weighted by Crippen LogP contribution is -2.47. The summed E-state index contributed by atoms with van der Waals surface area (Å²) in [5, 5.41) is 1.84. The van der Waals surface area contributed by atoms with Crippen molar-refractivity contribution >= 4 is 37.9 Å². The van der Waals surface area contributed by atoms with Crippen molar-refractivity contribution in [1.29, 1.82) is 0 Å². The predicted molar refractivity (Wildman–Crippen MR) is 72.3 cm³/mol. The summed E-state index contributed by atoms with van der Waals surface area (Å²) in [7, 11) is -3.67. The fourth-order valence-electron chi connectivity index (χ4n) is 2.15. The third kappa shape index (κ3) is 2.07. The van der Waals surface area contributed by atoms with Crippen LogP contribution < -0.4 is 0 Å². The second-order valence-electron chi connectivity index (χ2n) is 4.30. The van der Waals surface area contributed by atoms with Crippen LogP contribution in [0.2, 0.25) is 5.15 Å². The number of imidazole rings is 1. The average Bonchev–Trinajstić information content (AvgIpc) is 2.88. The summed E-state index contributed by atoms with van der Waals surface area (Å²) in [6, 6.07) is -0.209. The Balaban J connectivity index is 2.13. The summed E-state index contributed by atoms with van der Waals surface area (Å²) in [5.74, 6) is 0. The summed E-state index contributed by atoms with van der Waals surface area (Å²) in [6.07, 6.45) is 1.66. The Bertz CT molecular complexity index is 709. The molecule has 0 radical (unpaired) electrons. The van der Waals surface area contributed by atoms with Gasteiger partial charge in [-0.05, 0) is 6.92 Å². The van der Waals surface area contributed by atoms with Crippen molar-refractivity contribution in [2.24, 2.45) is 0 Å². The van der Waals surface area contributed by atoms with Gasteiger partial charge < -0.3 is 4.74 Å². The van der Waals surface area contributed by atoms with Crippen LogP contribution in [0.3, 0.4) is 0 Å². The monoisotopic (exact) mass is 321 g/mol. The van der Waals surface area contributed by atoms with Crippen molar-refractivity contribution in [2.75, 3.05) is 19.8 Å². The third-order valence-corrected chi connectivity index (χ3v) is 6.21. The molecule has 1 saturated heterocycles. The summed E-state index contributed by atoms with van der Waals surface area (Å²) >= 11 is 7.34. The van der Waals surface area contributed by atoms with Crippen LogP contribution in [0, 0.1) is 0 Å². The van der Waals surface area contributed by atoms with Crippen molar-refractivity contribution in [3.8, 4) is 0 Å². The van der Waals surface area contributed by atoms with Gasteiger partial charge in [-0.2, -0.15) is 4.31 Å². The second-order valence-corrected chi connectivity index (χ2v) is 7.34. The van der Waals surface area contributed by atoms with E-state index in [1.807, 2.05) is 6.92 Å². The van der Waals surface area contributed by atoms with Gasteiger partial charge in [0, 0.05) is 24.2 Å². The number of nitrogens with zero attached hydrogens (tertiary/aromatic N) is 3. The first-order valence-electron chi connectivity index (χ1n) is 5.72. The van der Waals surface area contributed by atoms with Crippen molar-refractivity contribution in [2.45, 2.75) is 18.0 Å². The molecular formula is C10H12ClN3O3S2. The Morgan fingerprint density at radius 1 is 1.58 bits per heavy atom. The minimum absolute atomic E-state index is 0.0190. The Morgan fingerprint density at radius 3 is 3.11 bits per heavy atom. The van der Waals surface area contributed by atoms with Crippen LogP contribution in [0.4, 0.5) is 0 Å². The fourth-order valence-corrected chi connectivity index (χ4v) is 5.16. The van der Waals surface area contributed by atoms with Gasteiger partial charge in [0.25, 0.3) is 10.0 Å². The molecule has 1 aliphatic rings. The van der Waals surface area contributed by atoms with Crippen LogP contribution >= 0.6 is 22.9 Å². The molecule has 1 aliphatic heterocycles. The van der Waals surface area contributed by atoms with E-state index in [2.05, 4.69) is 4.98 Å². The molecule has 0 aromatic carbocycles. The number of fused-ring (bicyclic) bond motifs is 1. The van der Waals surface area contributed by atoms with Gasteiger partial charge in [-0.1, -0.05) is 11.6 Å². The summed E-state index contributed by atoms with van der Waals surface area (Å²) in [4.78, 5) is 4.64. The molecule has 3 rings (SSSR count). The quantitative estimate of drug-likeness (QED) is 0.840. The largest absolute Gasteiger partial charge is 0.378 e. The van der Waals surface area contributed by atoms with E-state index in [0.29, 0.717) is 24.7 Å². The molecule has 104 valence electrons. The van der Waals surface area contributed by atoms with Crippen LogP contribution in [0.15, 0.2) is 16.6 Å². The molecule has 0 saturated carbocycles. The molecular weight excluding hydrogens is 310 g/mol. The van der Waals surface area contributed by atoms with Crippen LogP contribution in [0.25, 0.3) is 4.96 Å². The lowest BCUT2D eigenvalue weighted by molar-refractivity contribution is 0.0391. The molecule has 0 N–H and O–H groups in total. The molecule has 0 bridgehead atoms. The number of aromatic nitrogens is 2. The van der Waals surface area contributed by atoms with E-state index in [1.165, 1.54) is 20.0 Å². The molecule has 1 atom stereocenters. The zero-order valence-corrected chi connectivity index (χ0v) is 12.5. The molecule has 0 unspecified atom stereocenters. The molecule has 19 heavy (non-hydrogen) atoms. The molecule has 0 spiro atoms. The van der Waals surface area contributed by atoms with Gasteiger partial charge in [0.2, 0.25) is 0 Å². The third-order valence-electron chi connectivity index (χ3n) is 3.04. The smallest absolute Gasteiger partial charge is 0.262 e. The highest BCUT2D eigenvalue weighted by molar-refractivity contribution is 7.89. The topological polar surface area (TPSA) is 63.9 Å². The van der Waals surface area contributed by atoms with Crippen molar-refractivity contribution in [3.05, 3.63) is 16.7 Å². The van der Waals surface area contributed by atoms with E-state index in [9.17, 15) is 8.42 Å². The molecule has 0 amide bonds. The summed E-state index contributed by atoms with van der Waals surface area (Å²) in [6.45, 7) is 2.93. The number of morpholine rings is 1. The summed E-state index contributed by atoms with van der Waals surface area (Å²) in [5.41, 5.74) is 0. The number of sulfonamides is 1. The minimum atomic E-state index is -3.67. The Kier molecular flexibility index (Phi) is 3.30.